The monoisotopic (exact) mass is 360 g/mol. The summed E-state index contributed by atoms with van der Waals surface area (Å²) in [5.41, 5.74) is 7.04. The molecule has 1 radical (unpaired) electrons. The summed E-state index contributed by atoms with van der Waals surface area (Å²) in [6.45, 7) is 0.865. The minimum Gasteiger partial charge on any atom is -0.488 e. The van der Waals surface area contributed by atoms with Crippen LogP contribution in [0.3, 0.4) is 0 Å². The van der Waals surface area contributed by atoms with E-state index in [1.165, 1.54) is 6.07 Å². The molecule has 2 aliphatic rings. The van der Waals surface area contributed by atoms with Crippen LogP contribution in [0, 0.1) is 11.6 Å². The van der Waals surface area contributed by atoms with Crippen LogP contribution in [0.4, 0.5) is 8.78 Å². The van der Waals surface area contributed by atoms with Gasteiger partial charge in [-0.15, -0.1) is 12.4 Å². The number of fused-ring (bicyclic) bond motifs is 1. The quantitative estimate of drug-likeness (QED) is 0.838. The molecule has 0 unspecified atom stereocenters. The minimum atomic E-state index is -0.666. The van der Waals surface area contributed by atoms with Gasteiger partial charge in [-0.05, 0) is 37.7 Å². The first-order valence-corrected chi connectivity index (χ1v) is 7.55. The SMILES string of the molecule is Cl.NCCCC1=C[N]C(=S)N1[C@H]1COc2c(F)cc(F)cc2C1. The van der Waals surface area contributed by atoms with Crippen LogP contribution in [0.15, 0.2) is 24.0 Å². The van der Waals surface area contributed by atoms with Crippen molar-refractivity contribution in [3.8, 4) is 5.75 Å². The molecule has 0 spiro atoms. The van der Waals surface area contributed by atoms with Crippen LogP contribution >= 0.6 is 24.6 Å². The highest BCUT2D eigenvalue weighted by atomic mass is 35.5. The average Bonchev–Trinajstić information content (AvgIpc) is 2.85. The Bertz CT molecular complexity index is 641. The van der Waals surface area contributed by atoms with Crippen molar-refractivity contribution in [1.82, 2.24) is 10.2 Å². The van der Waals surface area contributed by atoms with Gasteiger partial charge in [0.15, 0.2) is 16.7 Å². The van der Waals surface area contributed by atoms with E-state index >= 15 is 0 Å². The molecule has 2 heterocycles. The fourth-order valence-corrected chi connectivity index (χ4v) is 3.14. The lowest BCUT2D eigenvalue weighted by Gasteiger charge is -2.34. The van der Waals surface area contributed by atoms with E-state index in [4.69, 9.17) is 22.7 Å². The molecule has 8 heteroatoms. The van der Waals surface area contributed by atoms with Crippen molar-refractivity contribution in [2.75, 3.05) is 13.2 Å². The summed E-state index contributed by atoms with van der Waals surface area (Å²) in [4.78, 5) is 1.91. The molecule has 3 rings (SSSR count). The summed E-state index contributed by atoms with van der Waals surface area (Å²) in [5.74, 6) is -1.14. The number of ether oxygens (including phenoxy) is 1. The van der Waals surface area contributed by atoms with Crippen molar-refractivity contribution in [2.45, 2.75) is 25.3 Å². The minimum absolute atomic E-state index is 0. The number of halogens is 3. The van der Waals surface area contributed by atoms with Crippen LogP contribution in [-0.4, -0.2) is 29.2 Å². The van der Waals surface area contributed by atoms with Crippen LogP contribution in [0.5, 0.6) is 5.75 Å². The number of nitrogens with two attached hydrogens (primary N) is 1. The van der Waals surface area contributed by atoms with Crippen molar-refractivity contribution in [2.24, 2.45) is 5.73 Å². The van der Waals surface area contributed by atoms with E-state index in [0.717, 1.165) is 24.6 Å². The van der Waals surface area contributed by atoms with Gasteiger partial charge >= 0.3 is 0 Å². The molecule has 0 aromatic heterocycles. The van der Waals surface area contributed by atoms with Gasteiger partial charge in [0.2, 0.25) is 0 Å². The van der Waals surface area contributed by atoms with E-state index in [1.54, 1.807) is 6.20 Å². The first kappa shape index (κ1) is 17.9. The van der Waals surface area contributed by atoms with Gasteiger partial charge in [0, 0.05) is 29.9 Å². The molecule has 1 aromatic carbocycles. The summed E-state index contributed by atoms with van der Waals surface area (Å²) < 4.78 is 32.6. The van der Waals surface area contributed by atoms with E-state index < -0.39 is 11.6 Å². The van der Waals surface area contributed by atoms with Gasteiger partial charge in [-0.1, -0.05) is 0 Å². The summed E-state index contributed by atoms with van der Waals surface area (Å²) in [6, 6.07) is 2.03. The van der Waals surface area contributed by atoms with E-state index in [0.29, 0.717) is 23.6 Å². The first-order valence-electron chi connectivity index (χ1n) is 7.14. The molecule has 0 bridgehead atoms. The van der Waals surface area contributed by atoms with Crippen molar-refractivity contribution in [3.63, 3.8) is 0 Å². The van der Waals surface area contributed by atoms with Crippen LogP contribution in [0.1, 0.15) is 18.4 Å². The maximum absolute atomic E-state index is 13.7. The van der Waals surface area contributed by atoms with E-state index in [2.05, 4.69) is 5.32 Å². The molecule has 0 saturated heterocycles. The summed E-state index contributed by atoms with van der Waals surface area (Å²) in [6.07, 6.45) is 3.79. The Morgan fingerprint density at radius 2 is 2.17 bits per heavy atom. The second-order valence-electron chi connectivity index (χ2n) is 5.34. The van der Waals surface area contributed by atoms with E-state index in [-0.39, 0.29) is 30.8 Å². The fourth-order valence-electron chi connectivity index (χ4n) is 2.82. The maximum atomic E-state index is 13.7. The largest absolute Gasteiger partial charge is 0.488 e. The molecule has 2 N–H and O–H groups in total. The number of hydrogen-bond acceptors (Lipinski definition) is 3. The van der Waals surface area contributed by atoms with Gasteiger partial charge in [-0.25, -0.2) is 14.1 Å². The standard InChI is InChI=1S/C15H16F2N3OS.ClH/c16-10-4-9-5-12(8-21-14(9)13(17)6-10)20-11(2-1-3-18)7-19-15(20)22;/h4,6-7,12H,1-3,5,8,18H2;1H/t12-;/m1./s1. The molecule has 125 valence electrons. The smallest absolute Gasteiger partial charge is 0.200 e. The lowest BCUT2D eigenvalue weighted by atomic mass is 10.0. The summed E-state index contributed by atoms with van der Waals surface area (Å²) >= 11 is 5.27. The van der Waals surface area contributed by atoms with Gasteiger partial charge in [0.1, 0.15) is 12.4 Å². The Kier molecular flexibility index (Phi) is 5.78. The Morgan fingerprint density at radius 1 is 1.39 bits per heavy atom. The van der Waals surface area contributed by atoms with E-state index in [9.17, 15) is 8.78 Å². The molecule has 0 aliphatic carbocycles. The number of hydrogen-bond donors (Lipinski definition) is 1. The Morgan fingerprint density at radius 3 is 2.91 bits per heavy atom. The number of rotatable bonds is 4. The van der Waals surface area contributed by atoms with E-state index in [1.807, 2.05) is 4.90 Å². The van der Waals surface area contributed by atoms with Crippen molar-refractivity contribution in [1.29, 1.82) is 0 Å². The highest BCUT2D eigenvalue weighted by molar-refractivity contribution is 7.80. The zero-order chi connectivity index (χ0) is 15.7. The molecule has 23 heavy (non-hydrogen) atoms. The van der Waals surface area contributed by atoms with Gasteiger partial charge < -0.3 is 15.4 Å². The Hall–Kier alpha value is -1.44. The number of benzene rings is 1. The fraction of sp³-hybridized carbons (Fsp3) is 0.400. The average molecular weight is 361 g/mol. The van der Waals surface area contributed by atoms with Crippen LogP contribution in [0.25, 0.3) is 0 Å². The zero-order valence-corrected chi connectivity index (χ0v) is 13.9. The molecular formula is C15H17ClF2N3OS. The van der Waals surface area contributed by atoms with Crippen LogP contribution in [0.2, 0.25) is 0 Å². The van der Waals surface area contributed by atoms with Crippen LogP contribution in [-0.2, 0) is 6.42 Å². The zero-order valence-electron chi connectivity index (χ0n) is 12.3. The van der Waals surface area contributed by atoms with Crippen LogP contribution < -0.4 is 15.8 Å². The molecule has 4 nitrogen and oxygen atoms in total. The normalized spacial score (nSPS) is 19.4. The van der Waals surface area contributed by atoms with Gasteiger partial charge in [-0.2, -0.15) is 0 Å². The van der Waals surface area contributed by atoms with Gasteiger partial charge in [0.25, 0.3) is 0 Å². The Balaban J connectivity index is 0.00000192. The van der Waals surface area contributed by atoms with Gasteiger partial charge in [0.05, 0.1) is 6.04 Å². The molecule has 1 atom stereocenters. The third kappa shape index (κ3) is 3.57. The molecule has 0 saturated carbocycles. The van der Waals surface area contributed by atoms with Crippen molar-refractivity contribution in [3.05, 3.63) is 41.2 Å². The number of allylic oxidation sites excluding steroid dienone is 1. The third-order valence-electron chi connectivity index (χ3n) is 3.80. The summed E-state index contributed by atoms with van der Waals surface area (Å²) in [7, 11) is 0. The number of nitrogens with zero attached hydrogens (tertiary/aromatic N) is 2. The first-order chi connectivity index (χ1) is 10.6. The molecule has 0 fully saturated rings. The maximum Gasteiger partial charge on any atom is 0.200 e. The predicted octanol–water partition coefficient (Wildman–Crippen LogP) is 2.48. The second kappa shape index (κ2) is 7.42. The third-order valence-corrected chi connectivity index (χ3v) is 4.10. The molecule has 1 aromatic rings. The second-order valence-corrected chi connectivity index (χ2v) is 5.70. The topological polar surface area (TPSA) is 52.6 Å². The molecular weight excluding hydrogens is 344 g/mol. The lowest BCUT2D eigenvalue weighted by molar-refractivity contribution is 0.188. The van der Waals surface area contributed by atoms with Gasteiger partial charge in [-0.3, -0.25) is 0 Å². The predicted molar refractivity (Wildman–Crippen MR) is 89.5 cm³/mol. The highest BCUT2D eigenvalue weighted by Gasteiger charge is 2.33. The molecule has 2 aliphatic heterocycles. The molecule has 0 amide bonds. The lowest BCUT2D eigenvalue weighted by Crippen LogP contribution is -2.44. The summed E-state index contributed by atoms with van der Waals surface area (Å²) in [5, 5.41) is 4.63. The van der Waals surface area contributed by atoms with Crippen molar-refractivity contribution < 1.29 is 13.5 Å². The highest BCUT2D eigenvalue weighted by Crippen LogP contribution is 2.32. The van der Waals surface area contributed by atoms with Crippen molar-refractivity contribution >= 4 is 29.7 Å². The number of thiocarbonyl (C=S) groups is 1. The Labute approximate surface area is 145 Å².